The number of rotatable bonds is 2. The number of fused-ring (bicyclic) bond motifs is 2. The lowest BCUT2D eigenvalue weighted by Gasteiger charge is -2.21. The lowest BCUT2D eigenvalue weighted by molar-refractivity contribution is -0.121. The van der Waals surface area contributed by atoms with Crippen LogP contribution in [-0.4, -0.2) is 23.9 Å². The number of imide groups is 1. The molecule has 136 valence electrons. The van der Waals surface area contributed by atoms with Gasteiger partial charge in [0, 0.05) is 0 Å². The Bertz CT molecular complexity index is 1020. The van der Waals surface area contributed by atoms with E-state index in [4.69, 9.17) is 11.6 Å². The zero-order valence-electron chi connectivity index (χ0n) is 14.1. The van der Waals surface area contributed by atoms with Crippen molar-refractivity contribution in [1.82, 2.24) is 0 Å². The number of hydrogen-bond donors (Lipinski definition) is 0. The molecule has 0 unspecified atom stereocenters. The summed E-state index contributed by atoms with van der Waals surface area (Å²) in [6.07, 6.45) is 3.06. The van der Waals surface area contributed by atoms with E-state index >= 15 is 0 Å². The van der Waals surface area contributed by atoms with Crippen LogP contribution in [0.15, 0.2) is 46.7 Å². The minimum atomic E-state index is -0.908. The summed E-state index contributed by atoms with van der Waals surface area (Å²) < 4.78 is 13.5. The molecule has 2 amide bonds. The second-order valence-electron chi connectivity index (χ2n) is 6.86. The molecule has 0 saturated carbocycles. The number of halogens is 2. The Kier molecular flexibility index (Phi) is 3.55. The summed E-state index contributed by atoms with van der Waals surface area (Å²) in [7, 11) is 0. The summed E-state index contributed by atoms with van der Waals surface area (Å²) in [5.74, 6) is -1.36. The zero-order chi connectivity index (χ0) is 18.7. The van der Waals surface area contributed by atoms with Gasteiger partial charge in [0.2, 0.25) is 0 Å². The lowest BCUT2D eigenvalue weighted by Crippen LogP contribution is -2.40. The predicted molar refractivity (Wildman–Crippen MR) is 97.3 cm³/mol. The monoisotopic (exact) mass is 384 g/mol. The second-order valence-corrected chi connectivity index (χ2v) is 7.26. The van der Waals surface area contributed by atoms with Gasteiger partial charge in [-0.3, -0.25) is 9.59 Å². The maximum absolute atomic E-state index is 13.5. The average Bonchev–Trinajstić information content (AvgIpc) is 3.34. The molecule has 8 heteroatoms. The van der Waals surface area contributed by atoms with E-state index in [1.165, 1.54) is 39.2 Å². The van der Waals surface area contributed by atoms with E-state index < -0.39 is 29.7 Å². The largest absolute Gasteiger partial charge is 0.271 e. The third-order valence-electron chi connectivity index (χ3n) is 5.29. The summed E-state index contributed by atoms with van der Waals surface area (Å²) in [5, 5.41) is 9.20. The van der Waals surface area contributed by atoms with Gasteiger partial charge in [-0.1, -0.05) is 22.9 Å². The molecule has 0 spiro atoms. The average molecular weight is 385 g/mol. The Labute approximate surface area is 159 Å². The van der Waals surface area contributed by atoms with E-state index in [-0.39, 0.29) is 5.02 Å². The van der Waals surface area contributed by atoms with Gasteiger partial charge in [-0.25, -0.2) is 14.3 Å². The Morgan fingerprint density at radius 1 is 1.00 bits per heavy atom. The SMILES string of the molecule is O=C1[C@@H]2[C@@H](N=NN2c2ccc(F)c(Cl)c2)C(=O)N1c1ccc2c(c1)CCC2. The number of carbonyl (C=O) groups is 2. The van der Waals surface area contributed by atoms with Crippen LogP contribution < -0.4 is 9.91 Å². The van der Waals surface area contributed by atoms with Crippen molar-refractivity contribution in [3.63, 3.8) is 0 Å². The molecule has 2 aromatic carbocycles. The van der Waals surface area contributed by atoms with Crippen molar-refractivity contribution in [1.29, 1.82) is 0 Å². The molecule has 2 aromatic rings. The van der Waals surface area contributed by atoms with Crippen molar-refractivity contribution in [3.8, 4) is 0 Å². The minimum absolute atomic E-state index is 0.0848. The first kappa shape index (κ1) is 16.4. The molecule has 1 aliphatic carbocycles. The van der Waals surface area contributed by atoms with Gasteiger partial charge in [-0.15, -0.1) is 0 Å². The number of benzene rings is 2. The van der Waals surface area contributed by atoms with Gasteiger partial charge in [-0.2, -0.15) is 5.11 Å². The summed E-state index contributed by atoms with van der Waals surface area (Å²) in [4.78, 5) is 27.1. The van der Waals surface area contributed by atoms with Crippen molar-refractivity contribution < 1.29 is 14.0 Å². The quantitative estimate of drug-likeness (QED) is 0.745. The molecule has 0 aromatic heterocycles. The first-order chi connectivity index (χ1) is 13.0. The van der Waals surface area contributed by atoms with Crippen molar-refractivity contribution in [2.24, 2.45) is 10.3 Å². The molecule has 0 N–H and O–H groups in total. The molecule has 3 aliphatic rings. The van der Waals surface area contributed by atoms with E-state index in [0.717, 1.165) is 19.3 Å². The fourth-order valence-corrected chi connectivity index (χ4v) is 4.13. The van der Waals surface area contributed by atoms with Crippen LogP contribution in [0.3, 0.4) is 0 Å². The van der Waals surface area contributed by atoms with E-state index in [0.29, 0.717) is 11.4 Å². The normalized spacial score (nSPS) is 23.3. The van der Waals surface area contributed by atoms with E-state index in [2.05, 4.69) is 10.3 Å². The molecule has 27 heavy (non-hydrogen) atoms. The van der Waals surface area contributed by atoms with Gasteiger partial charge in [0.05, 0.1) is 16.4 Å². The van der Waals surface area contributed by atoms with E-state index in [1.807, 2.05) is 12.1 Å². The predicted octanol–water partition coefficient (Wildman–Crippen LogP) is 3.47. The smallest absolute Gasteiger partial charge is 0.263 e. The van der Waals surface area contributed by atoms with Crippen molar-refractivity contribution >= 4 is 34.8 Å². The fourth-order valence-electron chi connectivity index (χ4n) is 3.95. The first-order valence-electron chi connectivity index (χ1n) is 8.69. The first-order valence-corrected chi connectivity index (χ1v) is 9.07. The van der Waals surface area contributed by atoms with Gasteiger partial charge in [0.1, 0.15) is 5.82 Å². The molecule has 2 heterocycles. The van der Waals surface area contributed by atoms with Crippen LogP contribution in [0.5, 0.6) is 0 Å². The summed E-state index contributed by atoms with van der Waals surface area (Å²) in [6, 6.07) is 7.92. The molecule has 1 fully saturated rings. The third-order valence-corrected chi connectivity index (χ3v) is 5.58. The molecular formula is C19H14ClFN4O2. The van der Waals surface area contributed by atoms with Gasteiger partial charge in [-0.05, 0) is 60.7 Å². The topological polar surface area (TPSA) is 65.3 Å². The highest BCUT2D eigenvalue weighted by Crippen LogP contribution is 2.37. The van der Waals surface area contributed by atoms with Gasteiger partial charge >= 0.3 is 0 Å². The van der Waals surface area contributed by atoms with Crippen LogP contribution >= 0.6 is 11.6 Å². The molecule has 0 bridgehead atoms. The van der Waals surface area contributed by atoms with Gasteiger partial charge in [0.15, 0.2) is 12.1 Å². The van der Waals surface area contributed by atoms with Gasteiger partial charge in [0.25, 0.3) is 11.8 Å². The van der Waals surface area contributed by atoms with Crippen LogP contribution in [0.1, 0.15) is 17.5 Å². The number of carbonyl (C=O) groups excluding carboxylic acids is 2. The van der Waals surface area contributed by atoms with Crippen molar-refractivity contribution in [2.75, 3.05) is 9.91 Å². The summed E-state index contributed by atoms with van der Waals surface area (Å²) in [6.45, 7) is 0. The molecule has 2 atom stereocenters. The number of aryl methyl sites for hydroxylation is 2. The van der Waals surface area contributed by atoms with Crippen LogP contribution in [-0.2, 0) is 22.4 Å². The van der Waals surface area contributed by atoms with Gasteiger partial charge < -0.3 is 0 Å². The number of hydrogen-bond acceptors (Lipinski definition) is 5. The lowest BCUT2D eigenvalue weighted by atomic mass is 10.1. The highest BCUT2D eigenvalue weighted by Gasteiger charge is 2.55. The highest BCUT2D eigenvalue weighted by molar-refractivity contribution is 6.31. The zero-order valence-corrected chi connectivity index (χ0v) is 14.9. The van der Waals surface area contributed by atoms with E-state index in [1.54, 1.807) is 6.07 Å². The molecular weight excluding hydrogens is 371 g/mol. The van der Waals surface area contributed by atoms with Crippen LogP contribution in [0, 0.1) is 5.82 Å². The van der Waals surface area contributed by atoms with Crippen LogP contribution in [0.2, 0.25) is 5.02 Å². The Morgan fingerprint density at radius 2 is 1.78 bits per heavy atom. The standard InChI is InChI=1S/C19H14ClFN4O2/c20-14-9-13(6-7-15(14)21)25-17-16(22-23-25)18(26)24(19(17)27)12-5-4-10-2-1-3-11(10)8-12/h4-9,16-17H,1-3H2/t16-,17+/m1/s1. The van der Waals surface area contributed by atoms with Crippen molar-refractivity contribution in [3.05, 3.63) is 58.4 Å². The van der Waals surface area contributed by atoms with Crippen molar-refractivity contribution in [2.45, 2.75) is 31.3 Å². The fraction of sp³-hybridized carbons (Fsp3) is 0.263. The third kappa shape index (κ3) is 2.38. The maximum atomic E-state index is 13.5. The number of nitrogens with zero attached hydrogens (tertiary/aromatic N) is 4. The molecule has 5 rings (SSSR count). The Balaban J connectivity index is 1.50. The summed E-state index contributed by atoms with van der Waals surface area (Å²) >= 11 is 5.84. The molecule has 6 nitrogen and oxygen atoms in total. The molecule has 2 aliphatic heterocycles. The molecule has 0 radical (unpaired) electrons. The summed E-state index contributed by atoms with van der Waals surface area (Å²) in [5.41, 5.74) is 3.41. The van der Waals surface area contributed by atoms with E-state index in [9.17, 15) is 14.0 Å². The Hall–Kier alpha value is -2.80. The highest BCUT2D eigenvalue weighted by atomic mass is 35.5. The minimum Gasteiger partial charge on any atom is -0.271 e. The number of anilines is 2. The number of amides is 2. The Morgan fingerprint density at radius 3 is 2.59 bits per heavy atom. The van der Waals surface area contributed by atoms with Crippen LogP contribution in [0.25, 0.3) is 0 Å². The second kappa shape index (κ2) is 5.85. The maximum Gasteiger partial charge on any atom is 0.263 e. The van der Waals surface area contributed by atoms with Crippen LogP contribution in [0.4, 0.5) is 15.8 Å². The molecule has 1 saturated heterocycles.